The second-order valence-electron chi connectivity index (χ2n) is 6.13. The highest BCUT2D eigenvalue weighted by molar-refractivity contribution is 5.95. The van der Waals surface area contributed by atoms with Gasteiger partial charge in [0.1, 0.15) is 0 Å². The minimum absolute atomic E-state index is 0.0565. The van der Waals surface area contributed by atoms with Gasteiger partial charge in [-0.25, -0.2) is 4.79 Å². The lowest BCUT2D eigenvalue weighted by molar-refractivity contribution is 0.0857. The van der Waals surface area contributed by atoms with Gasteiger partial charge in [0.2, 0.25) is 5.78 Å². The molecular weight excluding hydrogens is 350 g/mol. The van der Waals surface area contributed by atoms with Gasteiger partial charge in [-0.1, -0.05) is 6.07 Å². The molecule has 8 heteroatoms. The molecule has 1 aliphatic heterocycles. The van der Waals surface area contributed by atoms with Crippen LogP contribution in [0.25, 0.3) is 0 Å². The number of ketones is 1. The molecule has 0 unspecified atom stereocenters. The van der Waals surface area contributed by atoms with Crippen molar-refractivity contribution in [3.63, 3.8) is 0 Å². The van der Waals surface area contributed by atoms with Crippen LogP contribution in [0.3, 0.4) is 0 Å². The molecule has 2 heterocycles. The molecule has 0 atom stereocenters. The van der Waals surface area contributed by atoms with E-state index in [2.05, 4.69) is 5.32 Å². The first-order valence-electron chi connectivity index (χ1n) is 8.68. The molecule has 8 nitrogen and oxygen atoms in total. The van der Waals surface area contributed by atoms with Gasteiger partial charge in [0, 0.05) is 26.2 Å². The van der Waals surface area contributed by atoms with Crippen LogP contribution in [0.15, 0.2) is 41.0 Å². The van der Waals surface area contributed by atoms with Crippen molar-refractivity contribution < 1.29 is 23.5 Å². The summed E-state index contributed by atoms with van der Waals surface area (Å²) in [5.74, 6) is 1.34. The van der Waals surface area contributed by atoms with E-state index >= 15 is 0 Å². The number of piperazine rings is 1. The molecule has 0 aliphatic carbocycles. The van der Waals surface area contributed by atoms with E-state index in [9.17, 15) is 9.59 Å². The zero-order chi connectivity index (χ0) is 19.2. The van der Waals surface area contributed by atoms with Crippen LogP contribution in [0.1, 0.15) is 10.6 Å². The number of amides is 2. The fraction of sp³-hybridized carbons (Fsp3) is 0.368. The van der Waals surface area contributed by atoms with Crippen LogP contribution in [0.5, 0.6) is 11.5 Å². The monoisotopic (exact) mass is 373 g/mol. The van der Waals surface area contributed by atoms with E-state index in [-0.39, 0.29) is 18.4 Å². The number of ether oxygens (including phenoxy) is 2. The topological polar surface area (TPSA) is 84.3 Å². The van der Waals surface area contributed by atoms with Crippen molar-refractivity contribution in [3.05, 3.63) is 42.4 Å². The van der Waals surface area contributed by atoms with Gasteiger partial charge < -0.3 is 24.1 Å². The molecule has 1 N–H and O–H groups in total. The number of hydrogen-bond donors (Lipinski definition) is 1. The molecule has 0 spiro atoms. The average molecular weight is 373 g/mol. The van der Waals surface area contributed by atoms with E-state index in [0.29, 0.717) is 49.1 Å². The van der Waals surface area contributed by atoms with Crippen molar-refractivity contribution in [2.45, 2.75) is 0 Å². The van der Waals surface area contributed by atoms with Crippen molar-refractivity contribution in [3.8, 4) is 11.5 Å². The summed E-state index contributed by atoms with van der Waals surface area (Å²) in [5, 5.41) is 2.87. The van der Waals surface area contributed by atoms with Crippen LogP contribution in [0.4, 0.5) is 10.5 Å². The molecular formula is C19H23N3O5. The van der Waals surface area contributed by atoms with Gasteiger partial charge in [-0.2, -0.15) is 0 Å². The number of anilines is 1. The molecule has 27 heavy (non-hydrogen) atoms. The number of rotatable bonds is 6. The number of benzene rings is 1. The van der Waals surface area contributed by atoms with Gasteiger partial charge in [0.15, 0.2) is 17.3 Å². The molecule has 0 saturated carbocycles. The lowest BCUT2D eigenvalue weighted by atomic mass is 10.2. The Hall–Kier alpha value is -3.00. The second-order valence-corrected chi connectivity index (χ2v) is 6.13. The number of urea groups is 1. The lowest BCUT2D eigenvalue weighted by Gasteiger charge is -2.34. The molecule has 0 bridgehead atoms. The van der Waals surface area contributed by atoms with Crippen LogP contribution >= 0.6 is 0 Å². The van der Waals surface area contributed by atoms with Crippen LogP contribution in [-0.2, 0) is 0 Å². The van der Waals surface area contributed by atoms with Gasteiger partial charge >= 0.3 is 6.03 Å². The van der Waals surface area contributed by atoms with E-state index in [1.54, 1.807) is 42.3 Å². The van der Waals surface area contributed by atoms with Crippen molar-refractivity contribution in [2.75, 3.05) is 52.3 Å². The smallest absolute Gasteiger partial charge is 0.322 e. The molecule has 2 amide bonds. The first-order valence-corrected chi connectivity index (χ1v) is 8.68. The minimum Gasteiger partial charge on any atom is -0.493 e. The number of methoxy groups -OCH3 is 2. The summed E-state index contributed by atoms with van der Waals surface area (Å²) in [6.45, 7) is 2.59. The molecule has 1 aromatic carbocycles. The number of hydrogen-bond acceptors (Lipinski definition) is 6. The summed E-state index contributed by atoms with van der Waals surface area (Å²) in [5.41, 5.74) is 0.553. The third-order valence-corrected chi connectivity index (χ3v) is 4.47. The van der Waals surface area contributed by atoms with Gasteiger partial charge in [-0.15, -0.1) is 0 Å². The summed E-state index contributed by atoms with van der Waals surface area (Å²) >= 11 is 0. The molecule has 1 aliphatic rings. The van der Waals surface area contributed by atoms with E-state index in [1.807, 2.05) is 4.90 Å². The van der Waals surface area contributed by atoms with Crippen molar-refractivity contribution >= 4 is 17.5 Å². The fourth-order valence-corrected chi connectivity index (χ4v) is 3.01. The standard InChI is InChI=1S/C19H23N3O5/c1-25-17-6-3-5-14(18(17)26-2)20-19(24)22-10-8-21(9-11-22)13-15(23)16-7-4-12-27-16/h3-7,12H,8-11,13H2,1-2H3,(H,20,24). The Morgan fingerprint density at radius 1 is 1.07 bits per heavy atom. The summed E-state index contributed by atoms with van der Waals surface area (Å²) in [6, 6.07) is 8.46. The number of nitrogens with one attached hydrogen (secondary N) is 1. The maximum Gasteiger partial charge on any atom is 0.322 e. The van der Waals surface area contributed by atoms with E-state index < -0.39 is 0 Å². The zero-order valence-electron chi connectivity index (χ0n) is 15.4. The highest BCUT2D eigenvalue weighted by Gasteiger charge is 2.24. The van der Waals surface area contributed by atoms with Gasteiger partial charge in [0.05, 0.1) is 32.7 Å². The van der Waals surface area contributed by atoms with Crippen LogP contribution in [0, 0.1) is 0 Å². The van der Waals surface area contributed by atoms with Crippen LogP contribution in [-0.4, -0.2) is 68.6 Å². The zero-order valence-corrected chi connectivity index (χ0v) is 15.4. The summed E-state index contributed by atoms with van der Waals surface area (Å²) in [7, 11) is 3.08. The predicted molar refractivity (Wildman–Crippen MR) is 99.6 cm³/mol. The van der Waals surface area contributed by atoms with Crippen LogP contribution in [0.2, 0.25) is 0 Å². The second kappa shape index (κ2) is 8.59. The Morgan fingerprint density at radius 2 is 1.85 bits per heavy atom. The summed E-state index contributed by atoms with van der Waals surface area (Å²) in [6.07, 6.45) is 1.49. The van der Waals surface area contributed by atoms with E-state index in [1.165, 1.54) is 13.4 Å². The van der Waals surface area contributed by atoms with Crippen LogP contribution < -0.4 is 14.8 Å². The molecule has 2 aromatic rings. The first kappa shape index (κ1) is 18.8. The van der Waals surface area contributed by atoms with Gasteiger partial charge in [0.25, 0.3) is 0 Å². The molecule has 1 fully saturated rings. The number of Topliss-reactive ketones (excluding diaryl/α,β-unsaturated/α-hetero) is 1. The number of carbonyl (C=O) groups excluding carboxylic acids is 2. The quantitative estimate of drug-likeness (QED) is 0.783. The molecule has 1 saturated heterocycles. The third-order valence-electron chi connectivity index (χ3n) is 4.47. The largest absolute Gasteiger partial charge is 0.493 e. The normalized spacial score (nSPS) is 14.7. The van der Waals surface area contributed by atoms with E-state index in [4.69, 9.17) is 13.9 Å². The van der Waals surface area contributed by atoms with E-state index in [0.717, 1.165) is 0 Å². The third kappa shape index (κ3) is 4.40. The molecule has 144 valence electrons. The fourth-order valence-electron chi connectivity index (χ4n) is 3.01. The Kier molecular flexibility index (Phi) is 5.97. The molecule has 0 radical (unpaired) electrons. The van der Waals surface area contributed by atoms with Crippen molar-refractivity contribution in [1.82, 2.24) is 9.80 Å². The number of nitrogens with zero attached hydrogens (tertiary/aromatic N) is 2. The maximum atomic E-state index is 12.6. The molecule has 3 rings (SSSR count). The van der Waals surface area contributed by atoms with Gasteiger partial charge in [-0.05, 0) is 24.3 Å². The maximum absolute atomic E-state index is 12.6. The number of carbonyl (C=O) groups is 2. The highest BCUT2D eigenvalue weighted by Crippen LogP contribution is 2.34. The molecule has 1 aromatic heterocycles. The number of para-hydroxylation sites is 1. The Morgan fingerprint density at radius 3 is 2.48 bits per heavy atom. The number of furan rings is 1. The predicted octanol–water partition coefficient (Wildman–Crippen LogP) is 2.33. The lowest BCUT2D eigenvalue weighted by Crippen LogP contribution is -2.51. The minimum atomic E-state index is -0.210. The van der Waals surface area contributed by atoms with Crippen molar-refractivity contribution in [2.24, 2.45) is 0 Å². The highest BCUT2D eigenvalue weighted by atomic mass is 16.5. The average Bonchev–Trinajstić information content (AvgIpc) is 3.23. The Labute approximate surface area is 157 Å². The SMILES string of the molecule is COc1cccc(NC(=O)N2CCN(CC(=O)c3ccco3)CC2)c1OC. The Bertz CT molecular complexity index is 783. The first-order chi connectivity index (χ1) is 13.1. The Balaban J connectivity index is 1.54. The summed E-state index contributed by atoms with van der Waals surface area (Å²) in [4.78, 5) is 28.4. The van der Waals surface area contributed by atoms with Gasteiger partial charge in [-0.3, -0.25) is 9.69 Å². The van der Waals surface area contributed by atoms with Crippen molar-refractivity contribution in [1.29, 1.82) is 0 Å². The summed E-state index contributed by atoms with van der Waals surface area (Å²) < 4.78 is 15.7.